The van der Waals surface area contributed by atoms with Gasteiger partial charge in [0.2, 0.25) is 0 Å². The van der Waals surface area contributed by atoms with Crippen LogP contribution in [0.2, 0.25) is 0 Å². The summed E-state index contributed by atoms with van der Waals surface area (Å²) >= 11 is 0. The minimum absolute atomic E-state index is 0.166. The molecule has 2 aromatic rings. The average molecular weight is 330 g/mol. The fourth-order valence-electron chi connectivity index (χ4n) is 3.30. The second kappa shape index (κ2) is 7.21. The van der Waals surface area contributed by atoms with Crippen LogP contribution in [-0.2, 0) is 11.3 Å². The zero-order chi connectivity index (χ0) is 17.1. The quantitative estimate of drug-likeness (QED) is 0.796. The second-order valence-electron chi connectivity index (χ2n) is 6.25. The Balaban J connectivity index is 1.98. The summed E-state index contributed by atoms with van der Waals surface area (Å²) in [6.45, 7) is 9.39. The first-order chi connectivity index (χ1) is 11.6. The second-order valence-corrected chi connectivity index (χ2v) is 6.25. The van der Waals surface area contributed by atoms with E-state index in [1.54, 1.807) is 0 Å². The van der Waals surface area contributed by atoms with Crippen LogP contribution >= 0.6 is 0 Å². The van der Waals surface area contributed by atoms with Crippen LogP contribution in [0.3, 0.4) is 0 Å². The van der Waals surface area contributed by atoms with Crippen molar-refractivity contribution < 1.29 is 9.84 Å². The number of aryl methyl sites for hydroxylation is 1. The van der Waals surface area contributed by atoms with Crippen LogP contribution in [0.4, 0.5) is 5.69 Å². The van der Waals surface area contributed by atoms with Crippen molar-refractivity contribution in [1.82, 2.24) is 14.8 Å². The molecule has 0 unspecified atom stereocenters. The summed E-state index contributed by atoms with van der Waals surface area (Å²) in [6.07, 6.45) is 7.08. The number of rotatable bonds is 6. The van der Waals surface area contributed by atoms with Gasteiger partial charge in [0.1, 0.15) is 5.76 Å². The van der Waals surface area contributed by atoms with Gasteiger partial charge >= 0.3 is 0 Å². The number of aromatic nitrogens is 3. The Kier molecular flexibility index (Phi) is 5.04. The number of ether oxygens (including phenoxy) is 1. The first-order valence-corrected chi connectivity index (χ1v) is 8.75. The van der Waals surface area contributed by atoms with Crippen molar-refractivity contribution in [2.45, 2.75) is 58.2 Å². The van der Waals surface area contributed by atoms with E-state index in [2.05, 4.69) is 28.9 Å². The minimum Gasteiger partial charge on any atom is -0.494 e. The normalized spacial score (nSPS) is 21.0. The SMILES string of the molecule is C=C(OCC)c1cnc2c(cnn2CC)c1NC1CCC(O)CC1. The molecule has 0 spiro atoms. The van der Waals surface area contributed by atoms with Gasteiger partial charge in [-0.25, -0.2) is 9.67 Å². The van der Waals surface area contributed by atoms with Gasteiger partial charge in [-0.05, 0) is 39.5 Å². The molecule has 24 heavy (non-hydrogen) atoms. The zero-order valence-electron chi connectivity index (χ0n) is 14.5. The van der Waals surface area contributed by atoms with E-state index in [0.717, 1.165) is 54.5 Å². The number of anilines is 1. The van der Waals surface area contributed by atoms with Crippen molar-refractivity contribution in [3.8, 4) is 0 Å². The lowest BCUT2D eigenvalue weighted by Crippen LogP contribution is -2.28. The molecular weight excluding hydrogens is 304 g/mol. The van der Waals surface area contributed by atoms with Crippen molar-refractivity contribution in [1.29, 1.82) is 0 Å². The number of hydrogen-bond donors (Lipinski definition) is 2. The highest BCUT2D eigenvalue weighted by Crippen LogP contribution is 2.33. The highest BCUT2D eigenvalue weighted by atomic mass is 16.5. The van der Waals surface area contributed by atoms with Gasteiger partial charge in [0.25, 0.3) is 0 Å². The predicted molar refractivity (Wildman–Crippen MR) is 95.7 cm³/mol. The van der Waals surface area contributed by atoms with Gasteiger partial charge in [-0.2, -0.15) is 5.10 Å². The van der Waals surface area contributed by atoms with Gasteiger partial charge < -0.3 is 15.2 Å². The molecule has 130 valence electrons. The molecule has 2 heterocycles. The third-order valence-electron chi connectivity index (χ3n) is 4.63. The summed E-state index contributed by atoms with van der Waals surface area (Å²) < 4.78 is 7.50. The van der Waals surface area contributed by atoms with Gasteiger partial charge in [0.05, 0.1) is 35.5 Å². The van der Waals surface area contributed by atoms with Crippen molar-refractivity contribution >= 4 is 22.5 Å². The lowest BCUT2D eigenvalue weighted by atomic mass is 9.92. The molecule has 2 aromatic heterocycles. The molecule has 6 nitrogen and oxygen atoms in total. The first-order valence-electron chi connectivity index (χ1n) is 8.75. The number of nitrogens with one attached hydrogen (secondary N) is 1. The van der Waals surface area contributed by atoms with Gasteiger partial charge in [-0.1, -0.05) is 6.58 Å². The van der Waals surface area contributed by atoms with Gasteiger partial charge in [-0.3, -0.25) is 0 Å². The Morgan fingerprint density at radius 1 is 1.33 bits per heavy atom. The zero-order valence-corrected chi connectivity index (χ0v) is 14.5. The standard InChI is InChI=1S/C18H26N4O2/c1-4-22-18-16(11-20-22)17(15(10-19-18)12(3)24-5-2)21-13-6-8-14(23)9-7-13/h10-11,13-14,23H,3-9H2,1-2H3,(H,19,21). The molecule has 1 saturated carbocycles. The Hall–Kier alpha value is -2.08. The van der Waals surface area contributed by atoms with Crippen LogP contribution < -0.4 is 5.32 Å². The summed E-state index contributed by atoms with van der Waals surface area (Å²) in [5.41, 5.74) is 2.73. The van der Waals surface area contributed by atoms with Crippen LogP contribution in [0, 0.1) is 0 Å². The summed E-state index contributed by atoms with van der Waals surface area (Å²) in [6, 6.07) is 0.331. The van der Waals surface area contributed by atoms with E-state index in [-0.39, 0.29) is 6.10 Å². The maximum absolute atomic E-state index is 9.73. The minimum atomic E-state index is -0.166. The number of fused-ring (bicyclic) bond motifs is 1. The molecule has 0 aliphatic heterocycles. The molecule has 6 heteroatoms. The van der Waals surface area contributed by atoms with Crippen molar-refractivity contribution in [3.05, 3.63) is 24.5 Å². The smallest absolute Gasteiger partial charge is 0.159 e. The maximum atomic E-state index is 9.73. The summed E-state index contributed by atoms with van der Waals surface area (Å²) in [5, 5.41) is 18.8. The first kappa shape index (κ1) is 16.8. The number of aliphatic hydroxyl groups is 1. The van der Waals surface area contributed by atoms with E-state index in [1.165, 1.54) is 0 Å². The van der Waals surface area contributed by atoms with E-state index in [9.17, 15) is 5.11 Å². The van der Waals surface area contributed by atoms with E-state index in [0.29, 0.717) is 18.4 Å². The van der Waals surface area contributed by atoms with Crippen molar-refractivity contribution in [2.75, 3.05) is 11.9 Å². The van der Waals surface area contributed by atoms with Crippen molar-refractivity contribution in [3.63, 3.8) is 0 Å². The van der Waals surface area contributed by atoms with Crippen LogP contribution in [0.1, 0.15) is 45.1 Å². The van der Waals surface area contributed by atoms with E-state index < -0.39 is 0 Å². The summed E-state index contributed by atoms with van der Waals surface area (Å²) in [5.74, 6) is 0.620. The largest absolute Gasteiger partial charge is 0.494 e. The van der Waals surface area contributed by atoms with Crippen LogP contribution in [-0.4, -0.2) is 38.6 Å². The number of pyridine rings is 1. The molecule has 1 aliphatic carbocycles. The molecule has 0 aromatic carbocycles. The van der Waals surface area contributed by atoms with Crippen LogP contribution in [0.5, 0.6) is 0 Å². The third kappa shape index (κ3) is 3.24. The average Bonchev–Trinajstić information content (AvgIpc) is 3.01. The molecule has 0 bridgehead atoms. The third-order valence-corrected chi connectivity index (χ3v) is 4.63. The fraction of sp³-hybridized carbons (Fsp3) is 0.556. The molecule has 0 amide bonds. The summed E-state index contributed by atoms with van der Waals surface area (Å²) in [4.78, 5) is 4.56. The number of nitrogens with zero attached hydrogens (tertiary/aromatic N) is 3. The molecular formula is C18H26N4O2. The Morgan fingerprint density at radius 3 is 2.75 bits per heavy atom. The molecule has 0 atom stereocenters. The van der Waals surface area contributed by atoms with Gasteiger partial charge in [-0.15, -0.1) is 0 Å². The Labute approximate surface area is 142 Å². The molecule has 0 radical (unpaired) electrons. The fourth-order valence-corrected chi connectivity index (χ4v) is 3.30. The monoisotopic (exact) mass is 330 g/mol. The van der Waals surface area contributed by atoms with E-state index in [1.807, 2.05) is 24.0 Å². The summed E-state index contributed by atoms with van der Waals surface area (Å²) in [7, 11) is 0. The van der Waals surface area contributed by atoms with Crippen molar-refractivity contribution in [2.24, 2.45) is 0 Å². The number of aliphatic hydroxyl groups excluding tert-OH is 1. The maximum Gasteiger partial charge on any atom is 0.159 e. The number of hydrogen-bond acceptors (Lipinski definition) is 5. The molecule has 1 fully saturated rings. The highest BCUT2D eigenvalue weighted by Gasteiger charge is 2.22. The van der Waals surface area contributed by atoms with E-state index in [4.69, 9.17) is 4.74 Å². The van der Waals surface area contributed by atoms with Crippen LogP contribution in [0.15, 0.2) is 19.0 Å². The molecule has 3 rings (SSSR count). The molecule has 2 N–H and O–H groups in total. The van der Waals surface area contributed by atoms with Crippen LogP contribution in [0.25, 0.3) is 16.8 Å². The molecule has 1 aliphatic rings. The lowest BCUT2D eigenvalue weighted by Gasteiger charge is -2.28. The highest BCUT2D eigenvalue weighted by molar-refractivity contribution is 5.94. The predicted octanol–water partition coefficient (Wildman–Crippen LogP) is 3.17. The Morgan fingerprint density at radius 2 is 2.08 bits per heavy atom. The Bertz CT molecular complexity index is 717. The van der Waals surface area contributed by atoms with Gasteiger partial charge in [0, 0.05) is 18.8 Å². The lowest BCUT2D eigenvalue weighted by molar-refractivity contribution is 0.126. The van der Waals surface area contributed by atoms with Gasteiger partial charge in [0.15, 0.2) is 5.65 Å². The topological polar surface area (TPSA) is 72.2 Å². The molecule has 0 saturated heterocycles. The van der Waals surface area contributed by atoms with E-state index >= 15 is 0 Å².